The zero-order valence-corrected chi connectivity index (χ0v) is 11.5. The molecule has 0 atom stereocenters. The molecule has 2 rings (SSSR count). The minimum absolute atomic E-state index is 0.188. The van der Waals surface area contributed by atoms with E-state index in [-0.39, 0.29) is 5.91 Å². The van der Waals surface area contributed by atoms with Gasteiger partial charge in [-0.1, -0.05) is 0 Å². The number of rotatable bonds is 5. The summed E-state index contributed by atoms with van der Waals surface area (Å²) in [5.41, 5.74) is 0.493. The highest BCUT2D eigenvalue weighted by atomic mass is 32.1. The SMILES string of the molecule is COc1cc(OC)cc(C(=O)NCc2nccs2)c1. The molecule has 0 unspecified atom stereocenters. The highest BCUT2D eigenvalue weighted by Gasteiger charge is 2.10. The van der Waals surface area contributed by atoms with Crippen molar-refractivity contribution in [2.75, 3.05) is 14.2 Å². The molecule has 0 bridgehead atoms. The van der Waals surface area contributed by atoms with Crippen LogP contribution in [0.25, 0.3) is 0 Å². The first-order valence-electron chi connectivity index (χ1n) is 5.62. The van der Waals surface area contributed by atoms with Gasteiger partial charge >= 0.3 is 0 Å². The summed E-state index contributed by atoms with van der Waals surface area (Å²) in [6.45, 7) is 0.413. The molecule has 5 nitrogen and oxygen atoms in total. The molecule has 1 aromatic carbocycles. The Morgan fingerprint density at radius 2 is 1.95 bits per heavy atom. The van der Waals surface area contributed by atoms with E-state index in [1.54, 1.807) is 38.6 Å². The molecule has 0 radical (unpaired) electrons. The van der Waals surface area contributed by atoms with Gasteiger partial charge in [-0.05, 0) is 12.1 Å². The highest BCUT2D eigenvalue weighted by Crippen LogP contribution is 2.22. The predicted octanol–water partition coefficient (Wildman–Crippen LogP) is 2.09. The quantitative estimate of drug-likeness (QED) is 0.909. The van der Waals surface area contributed by atoms with Crippen LogP contribution in [0.15, 0.2) is 29.8 Å². The van der Waals surface area contributed by atoms with Crippen LogP contribution in [0.1, 0.15) is 15.4 Å². The Hall–Kier alpha value is -2.08. The largest absolute Gasteiger partial charge is 0.497 e. The molecule has 100 valence electrons. The van der Waals surface area contributed by atoms with E-state index >= 15 is 0 Å². The van der Waals surface area contributed by atoms with Crippen molar-refractivity contribution in [2.24, 2.45) is 0 Å². The maximum Gasteiger partial charge on any atom is 0.251 e. The van der Waals surface area contributed by atoms with Crippen molar-refractivity contribution in [3.8, 4) is 11.5 Å². The molecule has 0 aliphatic rings. The highest BCUT2D eigenvalue weighted by molar-refractivity contribution is 7.09. The molecule has 1 aromatic heterocycles. The molecule has 1 amide bonds. The van der Waals surface area contributed by atoms with Gasteiger partial charge in [-0.3, -0.25) is 4.79 Å². The topological polar surface area (TPSA) is 60.5 Å². The van der Waals surface area contributed by atoms with Crippen molar-refractivity contribution < 1.29 is 14.3 Å². The molecule has 2 aromatic rings. The fraction of sp³-hybridized carbons (Fsp3) is 0.231. The van der Waals surface area contributed by atoms with Gasteiger partial charge in [0.2, 0.25) is 0 Å². The minimum atomic E-state index is -0.188. The number of benzene rings is 1. The number of amides is 1. The fourth-order valence-corrected chi connectivity index (χ4v) is 2.09. The van der Waals surface area contributed by atoms with Crippen molar-refractivity contribution in [3.05, 3.63) is 40.3 Å². The summed E-state index contributed by atoms with van der Waals surface area (Å²) in [4.78, 5) is 16.1. The van der Waals surface area contributed by atoms with Crippen molar-refractivity contribution in [2.45, 2.75) is 6.54 Å². The summed E-state index contributed by atoms with van der Waals surface area (Å²) in [6.07, 6.45) is 1.71. The van der Waals surface area contributed by atoms with E-state index in [1.807, 2.05) is 5.38 Å². The fourth-order valence-electron chi connectivity index (χ4n) is 1.54. The van der Waals surface area contributed by atoms with Crippen LogP contribution in [0.5, 0.6) is 11.5 Å². The maximum atomic E-state index is 12.0. The monoisotopic (exact) mass is 278 g/mol. The van der Waals surface area contributed by atoms with Gasteiger partial charge < -0.3 is 14.8 Å². The summed E-state index contributed by atoms with van der Waals surface area (Å²) in [7, 11) is 3.10. The van der Waals surface area contributed by atoms with Gasteiger partial charge in [-0.2, -0.15) is 0 Å². The minimum Gasteiger partial charge on any atom is -0.497 e. The summed E-state index contributed by atoms with van der Waals surface area (Å²) < 4.78 is 10.3. The molecular formula is C13H14N2O3S. The molecule has 0 aliphatic carbocycles. The summed E-state index contributed by atoms with van der Waals surface area (Å²) >= 11 is 1.50. The van der Waals surface area contributed by atoms with Crippen molar-refractivity contribution in [1.82, 2.24) is 10.3 Å². The van der Waals surface area contributed by atoms with Crippen LogP contribution in [0.3, 0.4) is 0 Å². The third-order valence-electron chi connectivity index (χ3n) is 2.50. The van der Waals surface area contributed by atoms with Gasteiger partial charge in [0.05, 0.1) is 20.8 Å². The van der Waals surface area contributed by atoms with Crippen molar-refractivity contribution >= 4 is 17.2 Å². The predicted molar refractivity (Wildman–Crippen MR) is 72.8 cm³/mol. The molecule has 0 saturated heterocycles. The molecule has 0 saturated carbocycles. The summed E-state index contributed by atoms with van der Waals surface area (Å²) in [6, 6.07) is 5.05. The molecule has 19 heavy (non-hydrogen) atoms. The van der Waals surface area contributed by atoms with Gasteiger partial charge in [-0.15, -0.1) is 11.3 Å². The molecular weight excluding hydrogens is 264 g/mol. The zero-order chi connectivity index (χ0) is 13.7. The standard InChI is InChI=1S/C13H14N2O3S/c1-17-10-5-9(6-11(7-10)18-2)13(16)15-8-12-14-3-4-19-12/h3-7H,8H2,1-2H3,(H,15,16). The van der Waals surface area contributed by atoms with Crippen LogP contribution in [0.2, 0.25) is 0 Å². The van der Waals surface area contributed by atoms with Crippen molar-refractivity contribution in [1.29, 1.82) is 0 Å². The van der Waals surface area contributed by atoms with E-state index in [1.165, 1.54) is 11.3 Å². The van der Waals surface area contributed by atoms with Gasteiger partial charge in [-0.25, -0.2) is 4.98 Å². The van der Waals surface area contributed by atoms with E-state index < -0.39 is 0 Å². The Labute approximate surface area is 115 Å². The Morgan fingerprint density at radius 3 is 2.47 bits per heavy atom. The van der Waals surface area contributed by atoms with Crippen LogP contribution in [0, 0.1) is 0 Å². The second-order valence-corrected chi connectivity index (χ2v) is 4.69. The molecule has 1 heterocycles. The van der Waals surface area contributed by atoms with Gasteiger partial charge in [0, 0.05) is 23.2 Å². The van der Waals surface area contributed by atoms with E-state index in [0.29, 0.717) is 23.6 Å². The van der Waals surface area contributed by atoms with E-state index in [0.717, 1.165) is 5.01 Å². The second kappa shape index (κ2) is 6.19. The lowest BCUT2D eigenvalue weighted by Gasteiger charge is -2.08. The van der Waals surface area contributed by atoms with Gasteiger partial charge in [0.15, 0.2) is 0 Å². The first kappa shape index (κ1) is 13.4. The van der Waals surface area contributed by atoms with Crippen LogP contribution in [-0.2, 0) is 6.54 Å². The molecule has 1 N–H and O–H groups in total. The van der Waals surface area contributed by atoms with E-state index in [2.05, 4.69) is 10.3 Å². The lowest BCUT2D eigenvalue weighted by Crippen LogP contribution is -2.22. The van der Waals surface area contributed by atoms with Crippen LogP contribution in [-0.4, -0.2) is 25.1 Å². The molecule has 0 spiro atoms. The lowest BCUT2D eigenvalue weighted by atomic mass is 10.2. The van der Waals surface area contributed by atoms with Crippen LogP contribution < -0.4 is 14.8 Å². The van der Waals surface area contributed by atoms with Gasteiger partial charge in [0.1, 0.15) is 16.5 Å². The number of nitrogens with one attached hydrogen (secondary N) is 1. The number of aromatic nitrogens is 1. The number of ether oxygens (including phenoxy) is 2. The number of methoxy groups -OCH3 is 2. The summed E-state index contributed by atoms with van der Waals surface area (Å²) in [5.74, 6) is 0.977. The molecule has 0 aliphatic heterocycles. The van der Waals surface area contributed by atoms with E-state index in [9.17, 15) is 4.79 Å². The zero-order valence-electron chi connectivity index (χ0n) is 10.7. The molecule has 6 heteroatoms. The lowest BCUT2D eigenvalue weighted by molar-refractivity contribution is 0.0950. The van der Waals surface area contributed by atoms with Gasteiger partial charge in [0.25, 0.3) is 5.91 Å². The number of hydrogen-bond donors (Lipinski definition) is 1. The van der Waals surface area contributed by atoms with Crippen LogP contribution in [0.4, 0.5) is 0 Å². The Morgan fingerprint density at radius 1 is 1.26 bits per heavy atom. The summed E-state index contributed by atoms with van der Waals surface area (Å²) in [5, 5.41) is 5.54. The Kier molecular flexibility index (Phi) is 4.35. The number of nitrogens with zero attached hydrogens (tertiary/aromatic N) is 1. The third kappa shape index (κ3) is 3.45. The number of hydrogen-bond acceptors (Lipinski definition) is 5. The Balaban J connectivity index is 2.09. The first-order chi connectivity index (χ1) is 9.22. The van der Waals surface area contributed by atoms with Crippen molar-refractivity contribution in [3.63, 3.8) is 0 Å². The second-order valence-electron chi connectivity index (χ2n) is 3.71. The average Bonchev–Trinajstić information content (AvgIpc) is 2.97. The number of thiazole rings is 1. The maximum absolute atomic E-state index is 12.0. The van der Waals surface area contributed by atoms with Crippen LogP contribution >= 0.6 is 11.3 Å². The number of carbonyl (C=O) groups excluding carboxylic acids is 1. The smallest absolute Gasteiger partial charge is 0.251 e. The average molecular weight is 278 g/mol. The third-order valence-corrected chi connectivity index (χ3v) is 3.28. The normalized spacial score (nSPS) is 10.0. The number of carbonyl (C=O) groups is 1. The Bertz CT molecular complexity index is 533. The van der Waals surface area contributed by atoms with E-state index in [4.69, 9.17) is 9.47 Å². The first-order valence-corrected chi connectivity index (χ1v) is 6.50. The molecule has 0 fully saturated rings.